The highest BCUT2D eigenvalue weighted by molar-refractivity contribution is 5.99. The van der Waals surface area contributed by atoms with E-state index < -0.39 is 29.9 Å². The van der Waals surface area contributed by atoms with Crippen molar-refractivity contribution in [1.82, 2.24) is 10.2 Å². The van der Waals surface area contributed by atoms with E-state index in [0.29, 0.717) is 12.0 Å². The smallest absolute Gasteiger partial charge is 0.351 e. The number of nitrogens with zero attached hydrogens (tertiary/aromatic N) is 1. The Morgan fingerprint density at radius 2 is 1.83 bits per heavy atom. The van der Waals surface area contributed by atoms with Crippen molar-refractivity contribution in [3.8, 4) is 0 Å². The first-order valence-electron chi connectivity index (χ1n) is 7.19. The van der Waals surface area contributed by atoms with Gasteiger partial charge in [-0.1, -0.05) is 25.1 Å². The first-order chi connectivity index (χ1) is 10.9. The van der Waals surface area contributed by atoms with Crippen LogP contribution in [0.4, 0.5) is 0 Å². The molecular formula is C16H21N3O4. The van der Waals surface area contributed by atoms with Crippen molar-refractivity contribution in [3.63, 3.8) is 0 Å². The van der Waals surface area contributed by atoms with E-state index in [1.165, 1.54) is 4.90 Å². The van der Waals surface area contributed by atoms with Crippen molar-refractivity contribution >= 4 is 24.1 Å². The highest BCUT2D eigenvalue weighted by atomic mass is 16.6. The second-order valence-corrected chi connectivity index (χ2v) is 5.13. The summed E-state index contributed by atoms with van der Waals surface area (Å²) in [7, 11) is 3.16. The number of carbonyl (C=O) groups excluding carboxylic acids is 3. The molecule has 7 nitrogen and oxygen atoms in total. The van der Waals surface area contributed by atoms with E-state index in [4.69, 9.17) is 10.1 Å². The fourth-order valence-electron chi connectivity index (χ4n) is 1.78. The van der Waals surface area contributed by atoms with Gasteiger partial charge in [0.05, 0.1) is 5.92 Å². The number of benzene rings is 1. The molecule has 0 fully saturated rings. The maximum absolute atomic E-state index is 12.1. The summed E-state index contributed by atoms with van der Waals surface area (Å²) in [6.45, 7) is 1.71. The van der Waals surface area contributed by atoms with Crippen molar-refractivity contribution in [2.45, 2.75) is 19.5 Å². The molecule has 1 aromatic carbocycles. The zero-order valence-electron chi connectivity index (χ0n) is 13.4. The Hall–Kier alpha value is -2.54. The lowest BCUT2D eigenvalue weighted by atomic mass is 10.1. The van der Waals surface area contributed by atoms with Crippen molar-refractivity contribution in [2.75, 3.05) is 14.1 Å². The molecule has 2 unspecified atom stereocenters. The van der Waals surface area contributed by atoms with Crippen LogP contribution in [-0.2, 0) is 14.3 Å². The second-order valence-electron chi connectivity index (χ2n) is 5.13. The van der Waals surface area contributed by atoms with Crippen LogP contribution in [0.2, 0.25) is 0 Å². The summed E-state index contributed by atoms with van der Waals surface area (Å²) < 4.78 is 4.77. The van der Waals surface area contributed by atoms with E-state index in [1.54, 1.807) is 51.4 Å². The van der Waals surface area contributed by atoms with Crippen LogP contribution in [0.15, 0.2) is 30.3 Å². The summed E-state index contributed by atoms with van der Waals surface area (Å²) in [5.74, 6) is -2.91. The fourth-order valence-corrected chi connectivity index (χ4v) is 1.78. The van der Waals surface area contributed by atoms with Gasteiger partial charge in [0.25, 0.3) is 5.91 Å². The number of likely N-dealkylation sites (N-methyl/N-ethyl adjacent to an activating group) is 1. The summed E-state index contributed by atoms with van der Waals surface area (Å²) in [6.07, 6.45) is 0.191. The van der Waals surface area contributed by atoms with Gasteiger partial charge in [-0.2, -0.15) is 0 Å². The van der Waals surface area contributed by atoms with Crippen molar-refractivity contribution in [2.24, 2.45) is 5.92 Å². The molecule has 0 spiro atoms. The first kappa shape index (κ1) is 18.5. The van der Waals surface area contributed by atoms with Gasteiger partial charge in [0.2, 0.25) is 0 Å². The van der Waals surface area contributed by atoms with E-state index in [1.807, 2.05) is 0 Å². The van der Waals surface area contributed by atoms with Crippen molar-refractivity contribution < 1.29 is 19.1 Å². The van der Waals surface area contributed by atoms with Crippen molar-refractivity contribution in [1.29, 1.82) is 5.41 Å². The van der Waals surface area contributed by atoms with Gasteiger partial charge in [0.15, 0.2) is 6.17 Å². The predicted molar refractivity (Wildman–Crippen MR) is 85.0 cm³/mol. The Labute approximate surface area is 135 Å². The molecule has 23 heavy (non-hydrogen) atoms. The third-order valence-corrected chi connectivity index (χ3v) is 3.19. The molecule has 0 heterocycles. The highest BCUT2D eigenvalue weighted by Gasteiger charge is 2.29. The largest absolute Gasteiger partial charge is 0.390 e. The molecule has 0 aliphatic carbocycles. The minimum atomic E-state index is -1.10. The maximum atomic E-state index is 12.1. The molecule has 0 aliphatic rings. The Bertz CT molecular complexity index is 572. The number of nitrogens with one attached hydrogen (secondary N) is 2. The van der Waals surface area contributed by atoms with E-state index in [0.717, 1.165) is 6.21 Å². The number of rotatable bonds is 7. The molecule has 1 amide bonds. The molecule has 2 N–H and O–H groups in total. The number of ether oxygens (including phenoxy) is 1. The summed E-state index contributed by atoms with van der Waals surface area (Å²) >= 11 is 0. The molecule has 1 aromatic rings. The predicted octanol–water partition coefficient (Wildman–Crippen LogP) is 1.05. The summed E-state index contributed by atoms with van der Waals surface area (Å²) in [4.78, 5) is 37.5. The molecule has 0 aromatic heterocycles. The van der Waals surface area contributed by atoms with Gasteiger partial charge in [-0.25, -0.2) is 4.79 Å². The molecule has 0 bridgehead atoms. The first-order valence-corrected chi connectivity index (χ1v) is 7.19. The van der Waals surface area contributed by atoms with Crippen LogP contribution in [0.25, 0.3) is 0 Å². The standard InChI is InChI=1S/C16H21N3O4/c1-4-11(10-17)15(21)23-16(22)13(19(2)3)18-14(20)12-8-6-5-7-9-12/h5-11,13,17H,4H2,1-3H3,(H,18,20). The molecule has 2 atom stereocenters. The zero-order valence-corrected chi connectivity index (χ0v) is 13.4. The summed E-state index contributed by atoms with van der Waals surface area (Å²) in [5, 5.41) is 9.65. The zero-order chi connectivity index (χ0) is 17.4. The third-order valence-electron chi connectivity index (χ3n) is 3.19. The molecule has 0 aliphatic heterocycles. The van der Waals surface area contributed by atoms with E-state index >= 15 is 0 Å². The molecule has 7 heteroatoms. The van der Waals surface area contributed by atoms with Crippen LogP contribution in [0.3, 0.4) is 0 Å². The number of carbonyl (C=O) groups is 3. The molecule has 124 valence electrons. The lowest BCUT2D eigenvalue weighted by Crippen LogP contribution is -2.51. The van der Waals surface area contributed by atoms with Gasteiger partial charge in [0.1, 0.15) is 0 Å². The molecule has 0 saturated carbocycles. The lowest BCUT2D eigenvalue weighted by molar-refractivity contribution is -0.164. The second kappa shape index (κ2) is 8.79. The normalized spacial score (nSPS) is 13.0. The third kappa shape index (κ3) is 5.30. The minimum absolute atomic E-state index is 0.360. The average molecular weight is 319 g/mol. The number of hydrogen-bond acceptors (Lipinski definition) is 6. The van der Waals surface area contributed by atoms with E-state index in [-0.39, 0.29) is 0 Å². The van der Waals surface area contributed by atoms with Crippen LogP contribution in [-0.4, -0.2) is 49.2 Å². The van der Waals surface area contributed by atoms with Crippen LogP contribution in [0, 0.1) is 11.3 Å². The minimum Gasteiger partial charge on any atom is -0.390 e. The Morgan fingerprint density at radius 3 is 2.30 bits per heavy atom. The Balaban J connectivity index is 2.78. The van der Waals surface area contributed by atoms with Gasteiger partial charge < -0.3 is 15.5 Å². The summed E-state index contributed by atoms with van der Waals surface area (Å²) in [6, 6.07) is 8.41. The molecule has 0 radical (unpaired) electrons. The topological polar surface area (TPSA) is 99.6 Å². The molecule has 0 saturated heterocycles. The number of esters is 2. The van der Waals surface area contributed by atoms with Gasteiger partial charge >= 0.3 is 11.9 Å². The van der Waals surface area contributed by atoms with Gasteiger partial charge in [0, 0.05) is 11.8 Å². The van der Waals surface area contributed by atoms with Crippen LogP contribution in [0.1, 0.15) is 23.7 Å². The van der Waals surface area contributed by atoms with Crippen LogP contribution >= 0.6 is 0 Å². The van der Waals surface area contributed by atoms with Crippen LogP contribution < -0.4 is 5.32 Å². The van der Waals surface area contributed by atoms with E-state index in [2.05, 4.69) is 5.32 Å². The van der Waals surface area contributed by atoms with Crippen molar-refractivity contribution in [3.05, 3.63) is 35.9 Å². The lowest BCUT2D eigenvalue weighted by Gasteiger charge is -2.23. The number of amides is 1. The quantitative estimate of drug-likeness (QED) is 0.339. The van der Waals surface area contributed by atoms with E-state index in [9.17, 15) is 14.4 Å². The van der Waals surface area contributed by atoms with Crippen LogP contribution in [0.5, 0.6) is 0 Å². The highest BCUT2D eigenvalue weighted by Crippen LogP contribution is 2.05. The number of hydrogen-bond donors (Lipinski definition) is 2. The van der Waals surface area contributed by atoms with Gasteiger partial charge in [-0.05, 0) is 32.6 Å². The maximum Gasteiger partial charge on any atom is 0.351 e. The van der Waals surface area contributed by atoms with Gasteiger partial charge in [-0.15, -0.1) is 0 Å². The fraction of sp³-hybridized carbons (Fsp3) is 0.375. The monoisotopic (exact) mass is 319 g/mol. The SMILES string of the molecule is CCC(C=N)C(=O)OC(=O)C(NC(=O)c1ccccc1)N(C)C. The molecular weight excluding hydrogens is 298 g/mol. The van der Waals surface area contributed by atoms with Gasteiger partial charge in [-0.3, -0.25) is 14.5 Å². The Kier molecular flexibility index (Phi) is 7.08. The Morgan fingerprint density at radius 1 is 1.22 bits per heavy atom. The molecule has 1 rings (SSSR count). The average Bonchev–Trinajstić information content (AvgIpc) is 2.53. The summed E-state index contributed by atoms with van der Waals surface area (Å²) in [5.41, 5.74) is 0.393.